The van der Waals surface area contributed by atoms with Crippen molar-refractivity contribution in [3.63, 3.8) is 0 Å². The molecule has 1 aromatic heterocycles. The van der Waals surface area contributed by atoms with E-state index in [1.54, 1.807) is 7.11 Å². The van der Waals surface area contributed by atoms with E-state index in [1.165, 1.54) is 0 Å². The van der Waals surface area contributed by atoms with Gasteiger partial charge in [0.1, 0.15) is 0 Å². The number of nitrogens with zero attached hydrogens (tertiary/aromatic N) is 3. The Morgan fingerprint density at radius 1 is 1.50 bits per heavy atom. The second-order valence-electron chi connectivity index (χ2n) is 4.96. The van der Waals surface area contributed by atoms with E-state index in [-0.39, 0.29) is 6.10 Å². The first-order valence-electron chi connectivity index (χ1n) is 6.52. The van der Waals surface area contributed by atoms with E-state index in [4.69, 9.17) is 9.15 Å². The number of nitrogens with one attached hydrogen (secondary N) is 1. The molecule has 6 nitrogen and oxygen atoms in total. The molecular formula is C12H22N4O2. The third kappa shape index (κ3) is 3.43. The number of hydrogen-bond donors (Lipinski definition) is 1. The number of ether oxygens (including phenoxy) is 1. The normalized spacial score (nSPS) is 20.7. The molecule has 1 aliphatic rings. The van der Waals surface area contributed by atoms with Gasteiger partial charge in [0.05, 0.1) is 12.6 Å². The van der Waals surface area contributed by atoms with Crippen molar-refractivity contribution in [1.82, 2.24) is 15.5 Å². The lowest BCUT2D eigenvalue weighted by atomic mass is 10.1. The minimum atomic E-state index is 0.267. The molecule has 0 spiro atoms. The molecule has 1 aromatic rings. The lowest BCUT2D eigenvalue weighted by Crippen LogP contribution is -2.39. The van der Waals surface area contributed by atoms with Gasteiger partial charge in [-0.2, -0.15) is 0 Å². The van der Waals surface area contributed by atoms with Crippen LogP contribution >= 0.6 is 0 Å². The van der Waals surface area contributed by atoms with Gasteiger partial charge in [-0.3, -0.25) is 0 Å². The maximum Gasteiger partial charge on any atom is 0.318 e. The smallest absolute Gasteiger partial charge is 0.318 e. The minimum absolute atomic E-state index is 0.267. The molecule has 1 unspecified atom stereocenters. The summed E-state index contributed by atoms with van der Waals surface area (Å²) in [5.74, 6) is 0.637. The quantitative estimate of drug-likeness (QED) is 0.851. The Kier molecular flexibility index (Phi) is 4.54. The van der Waals surface area contributed by atoms with Gasteiger partial charge in [0.25, 0.3) is 0 Å². The van der Waals surface area contributed by atoms with Gasteiger partial charge in [0, 0.05) is 26.2 Å². The van der Waals surface area contributed by atoms with E-state index in [9.17, 15) is 0 Å². The minimum Gasteiger partial charge on any atom is -0.407 e. The summed E-state index contributed by atoms with van der Waals surface area (Å²) in [4.78, 5) is 2.10. The van der Waals surface area contributed by atoms with Gasteiger partial charge < -0.3 is 19.4 Å². The molecule has 18 heavy (non-hydrogen) atoms. The van der Waals surface area contributed by atoms with Gasteiger partial charge >= 0.3 is 6.01 Å². The fraction of sp³-hybridized carbons (Fsp3) is 0.833. The number of aromatic nitrogens is 2. The Bertz CT molecular complexity index is 367. The van der Waals surface area contributed by atoms with Gasteiger partial charge in [-0.05, 0) is 12.8 Å². The van der Waals surface area contributed by atoms with Crippen LogP contribution in [0, 0.1) is 0 Å². The number of rotatable bonds is 5. The fourth-order valence-electron chi connectivity index (χ4n) is 2.04. The Hall–Kier alpha value is -1.14. The summed E-state index contributed by atoms with van der Waals surface area (Å²) in [7, 11) is 1.75. The monoisotopic (exact) mass is 254 g/mol. The molecule has 0 bridgehead atoms. The summed E-state index contributed by atoms with van der Waals surface area (Å²) in [5, 5.41) is 11.4. The molecule has 1 aliphatic heterocycles. The van der Waals surface area contributed by atoms with Crippen LogP contribution in [0.3, 0.4) is 0 Å². The van der Waals surface area contributed by atoms with E-state index in [0.29, 0.717) is 24.5 Å². The topological polar surface area (TPSA) is 63.4 Å². The second-order valence-corrected chi connectivity index (χ2v) is 4.96. The molecule has 0 radical (unpaired) electrons. The Morgan fingerprint density at radius 3 is 3.06 bits per heavy atom. The highest BCUT2D eigenvalue weighted by Crippen LogP contribution is 2.19. The van der Waals surface area contributed by atoms with Crippen molar-refractivity contribution in [3.05, 3.63) is 5.89 Å². The Morgan fingerprint density at radius 2 is 2.33 bits per heavy atom. The summed E-state index contributed by atoms with van der Waals surface area (Å²) in [6.45, 7) is 6.58. The van der Waals surface area contributed by atoms with E-state index >= 15 is 0 Å². The highest BCUT2D eigenvalue weighted by molar-refractivity contribution is 5.25. The van der Waals surface area contributed by atoms with Crippen molar-refractivity contribution in [2.24, 2.45) is 0 Å². The lowest BCUT2D eigenvalue weighted by Gasteiger charge is -2.30. The van der Waals surface area contributed by atoms with Crippen LogP contribution < -0.4 is 10.2 Å². The predicted molar refractivity (Wildman–Crippen MR) is 68.5 cm³/mol. The van der Waals surface area contributed by atoms with Gasteiger partial charge in [-0.25, -0.2) is 0 Å². The standard InChI is InChI=1S/C12H22N4O2/c1-9(2)13-7-11-14-15-12(18-11)16-6-4-5-10(8-16)17-3/h9-10,13H,4-8H2,1-3H3. The first kappa shape index (κ1) is 13.3. The molecule has 1 atom stereocenters. The lowest BCUT2D eigenvalue weighted by molar-refractivity contribution is 0.0879. The molecule has 0 aliphatic carbocycles. The van der Waals surface area contributed by atoms with Crippen molar-refractivity contribution in [2.45, 2.75) is 45.4 Å². The van der Waals surface area contributed by atoms with Crippen LogP contribution in [0.15, 0.2) is 4.42 Å². The van der Waals surface area contributed by atoms with Gasteiger partial charge in [0.15, 0.2) is 0 Å². The van der Waals surface area contributed by atoms with Crippen LogP contribution in [0.4, 0.5) is 6.01 Å². The predicted octanol–water partition coefficient (Wildman–Crippen LogP) is 1.18. The molecule has 6 heteroatoms. The maximum absolute atomic E-state index is 5.65. The van der Waals surface area contributed by atoms with Crippen LogP contribution in [-0.2, 0) is 11.3 Å². The van der Waals surface area contributed by atoms with Crippen LogP contribution in [0.2, 0.25) is 0 Å². The van der Waals surface area contributed by atoms with Crippen molar-refractivity contribution in [1.29, 1.82) is 0 Å². The molecule has 102 valence electrons. The van der Waals surface area contributed by atoms with Gasteiger partial charge in [-0.1, -0.05) is 18.9 Å². The van der Waals surface area contributed by atoms with Crippen LogP contribution in [-0.4, -0.2) is 42.5 Å². The van der Waals surface area contributed by atoms with Gasteiger partial charge in [-0.15, -0.1) is 5.10 Å². The number of piperidine rings is 1. The second kappa shape index (κ2) is 6.15. The molecule has 2 rings (SSSR count). The largest absolute Gasteiger partial charge is 0.407 e. The highest BCUT2D eigenvalue weighted by atomic mass is 16.5. The van der Waals surface area contributed by atoms with Crippen molar-refractivity contribution in [3.8, 4) is 0 Å². The number of anilines is 1. The van der Waals surface area contributed by atoms with Crippen molar-refractivity contribution >= 4 is 6.01 Å². The van der Waals surface area contributed by atoms with E-state index in [2.05, 4.69) is 34.3 Å². The summed E-state index contributed by atoms with van der Waals surface area (Å²) in [6, 6.07) is 1.02. The van der Waals surface area contributed by atoms with E-state index in [0.717, 1.165) is 25.9 Å². The number of methoxy groups -OCH3 is 1. The summed E-state index contributed by atoms with van der Waals surface area (Å²) < 4.78 is 11.0. The summed E-state index contributed by atoms with van der Waals surface area (Å²) in [6.07, 6.45) is 2.46. The zero-order chi connectivity index (χ0) is 13.0. The average molecular weight is 254 g/mol. The average Bonchev–Trinajstić information content (AvgIpc) is 2.85. The summed E-state index contributed by atoms with van der Waals surface area (Å²) in [5.41, 5.74) is 0. The molecule has 0 amide bonds. The third-order valence-electron chi connectivity index (χ3n) is 3.10. The fourth-order valence-corrected chi connectivity index (χ4v) is 2.04. The first-order chi connectivity index (χ1) is 8.69. The van der Waals surface area contributed by atoms with Crippen LogP contribution in [0.1, 0.15) is 32.6 Å². The zero-order valence-electron chi connectivity index (χ0n) is 11.3. The SMILES string of the molecule is COC1CCCN(c2nnc(CNC(C)C)o2)C1. The van der Waals surface area contributed by atoms with Gasteiger partial charge in [0.2, 0.25) is 5.89 Å². The molecule has 0 aromatic carbocycles. The number of hydrogen-bond acceptors (Lipinski definition) is 6. The Labute approximate surface area is 108 Å². The van der Waals surface area contributed by atoms with Crippen molar-refractivity contribution in [2.75, 3.05) is 25.1 Å². The zero-order valence-corrected chi connectivity index (χ0v) is 11.3. The molecule has 0 saturated carbocycles. The molecular weight excluding hydrogens is 232 g/mol. The molecule has 1 saturated heterocycles. The van der Waals surface area contributed by atoms with Crippen molar-refractivity contribution < 1.29 is 9.15 Å². The molecule has 1 N–H and O–H groups in total. The van der Waals surface area contributed by atoms with Crippen LogP contribution in [0.5, 0.6) is 0 Å². The third-order valence-corrected chi connectivity index (χ3v) is 3.10. The van der Waals surface area contributed by atoms with E-state index in [1.807, 2.05) is 0 Å². The van der Waals surface area contributed by atoms with E-state index < -0.39 is 0 Å². The van der Waals surface area contributed by atoms with Crippen LogP contribution in [0.25, 0.3) is 0 Å². The first-order valence-corrected chi connectivity index (χ1v) is 6.52. The highest BCUT2D eigenvalue weighted by Gasteiger charge is 2.23. The molecule has 2 heterocycles. The maximum atomic E-state index is 5.65. The summed E-state index contributed by atoms with van der Waals surface area (Å²) >= 11 is 0. The molecule has 1 fully saturated rings. The Balaban J connectivity index is 1.92.